The van der Waals surface area contributed by atoms with E-state index in [1.165, 1.54) is 0 Å². The van der Waals surface area contributed by atoms with Gasteiger partial charge in [-0.15, -0.1) is 0 Å². The average molecular weight is 282 g/mol. The summed E-state index contributed by atoms with van der Waals surface area (Å²) in [5.74, 6) is -0.393. The zero-order valence-electron chi connectivity index (χ0n) is 12.6. The van der Waals surface area contributed by atoms with Gasteiger partial charge in [-0.1, -0.05) is 51.1 Å². The van der Waals surface area contributed by atoms with E-state index in [-0.39, 0.29) is 5.04 Å². The van der Waals surface area contributed by atoms with Gasteiger partial charge in [-0.25, -0.2) is 0 Å². The molecule has 4 heteroatoms. The van der Waals surface area contributed by atoms with E-state index >= 15 is 0 Å². The van der Waals surface area contributed by atoms with Crippen LogP contribution >= 0.6 is 0 Å². The fourth-order valence-corrected chi connectivity index (χ4v) is 2.60. The van der Waals surface area contributed by atoms with Gasteiger partial charge in [-0.2, -0.15) is 0 Å². The molecule has 0 fully saturated rings. The lowest BCUT2D eigenvalue weighted by atomic mass is 10.00. The molecular formula is C15H26O3Si. The zero-order chi connectivity index (χ0) is 14.7. The highest BCUT2D eigenvalue weighted by Gasteiger charge is 2.38. The van der Waals surface area contributed by atoms with Crippen molar-refractivity contribution in [1.82, 2.24) is 0 Å². The van der Waals surface area contributed by atoms with Gasteiger partial charge in [0.25, 0.3) is 0 Å². The first-order valence-corrected chi connectivity index (χ1v) is 9.61. The normalized spacial score (nSPS) is 14.7. The molecule has 0 radical (unpaired) electrons. The predicted molar refractivity (Wildman–Crippen MR) is 80.6 cm³/mol. The molecular weight excluding hydrogens is 256 g/mol. The molecule has 0 saturated carbocycles. The van der Waals surface area contributed by atoms with Crippen LogP contribution < -0.4 is 0 Å². The van der Waals surface area contributed by atoms with Crippen LogP contribution in [0.25, 0.3) is 0 Å². The molecule has 0 aromatic heterocycles. The number of hydrogen-bond acceptors (Lipinski definition) is 3. The van der Waals surface area contributed by atoms with Gasteiger partial charge in [0.05, 0.1) is 5.92 Å². The summed E-state index contributed by atoms with van der Waals surface area (Å²) in [6.07, 6.45) is -1.40. The van der Waals surface area contributed by atoms with Crippen LogP contribution in [0.5, 0.6) is 0 Å². The lowest BCUT2D eigenvalue weighted by Crippen LogP contribution is -2.42. The Bertz CT molecular complexity index is 382. The van der Waals surface area contributed by atoms with E-state index in [2.05, 4.69) is 33.9 Å². The van der Waals surface area contributed by atoms with Crippen LogP contribution in [0.4, 0.5) is 0 Å². The average Bonchev–Trinajstić information content (AvgIpc) is 2.28. The van der Waals surface area contributed by atoms with Gasteiger partial charge in [0, 0.05) is 6.61 Å². The van der Waals surface area contributed by atoms with Crippen LogP contribution in [0.1, 0.15) is 32.3 Å². The Labute approximate surface area is 117 Å². The van der Waals surface area contributed by atoms with Crippen molar-refractivity contribution in [2.45, 2.75) is 51.1 Å². The fraction of sp³-hybridized carbons (Fsp3) is 0.600. The van der Waals surface area contributed by atoms with Crippen molar-refractivity contribution < 1.29 is 14.6 Å². The van der Waals surface area contributed by atoms with E-state index in [0.717, 1.165) is 5.56 Å². The summed E-state index contributed by atoms with van der Waals surface area (Å²) in [6.45, 7) is 11.2. The standard InChI is InChI=1S/C15H26O3Si/c1-15(2,3)19(4,5)18-11-13(14(16)17)12-9-7-6-8-10-12/h6-10,13-14,16-17H,11H2,1-5H3. The minimum atomic E-state index is -1.87. The second-order valence-corrected chi connectivity index (χ2v) is 11.3. The molecule has 1 aromatic rings. The number of aliphatic hydroxyl groups excluding tert-OH is 1. The third-order valence-corrected chi connectivity index (χ3v) is 8.52. The molecule has 0 spiro atoms. The van der Waals surface area contributed by atoms with E-state index in [4.69, 9.17) is 4.43 Å². The van der Waals surface area contributed by atoms with Crippen molar-refractivity contribution in [3.05, 3.63) is 35.9 Å². The number of benzene rings is 1. The van der Waals surface area contributed by atoms with Crippen molar-refractivity contribution in [3.63, 3.8) is 0 Å². The van der Waals surface area contributed by atoms with Gasteiger partial charge in [0.15, 0.2) is 14.6 Å². The molecule has 0 amide bonds. The molecule has 2 N–H and O–H groups in total. The van der Waals surface area contributed by atoms with Gasteiger partial charge in [-0.3, -0.25) is 0 Å². The summed E-state index contributed by atoms with van der Waals surface area (Å²) in [7, 11) is -1.87. The molecule has 1 aromatic carbocycles. The fourth-order valence-electron chi connectivity index (χ4n) is 1.57. The van der Waals surface area contributed by atoms with Gasteiger partial charge >= 0.3 is 0 Å². The monoisotopic (exact) mass is 282 g/mol. The van der Waals surface area contributed by atoms with Crippen molar-refractivity contribution in [3.8, 4) is 0 Å². The summed E-state index contributed by atoms with van der Waals surface area (Å²) >= 11 is 0. The molecule has 108 valence electrons. The smallest absolute Gasteiger partial charge is 0.192 e. The molecule has 1 atom stereocenters. The topological polar surface area (TPSA) is 49.7 Å². The molecule has 0 heterocycles. The van der Waals surface area contributed by atoms with Crippen LogP contribution in [-0.2, 0) is 4.43 Å². The van der Waals surface area contributed by atoms with E-state index < -0.39 is 20.5 Å². The van der Waals surface area contributed by atoms with Crippen LogP contribution in [-0.4, -0.2) is 31.4 Å². The Kier molecular flexibility index (Phi) is 5.32. The number of rotatable bonds is 5. The Hall–Kier alpha value is -0.683. The van der Waals surface area contributed by atoms with Gasteiger partial charge < -0.3 is 14.6 Å². The maximum Gasteiger partial charge on any atom is 0.192 e. The van der Waals surface area contributed by atoms with Gasteiger partial charge in [0.1, 0.15) is 0 Å². The third-order valence-electron chi connectivity index (χ3n) is 4.02. The van der Waals surface area contributed by atoms with Crippen LogP contribution in [0.2, 0.25) is 18.1 Å². The summed E-state index contributed by atoms with van der Waals surface area (Å²) < 4.78 is 6.09. The summed E-state index contributed by atoms with van der Waals surface area (Å²) in [5.41, 5.74) is 0.899. The lowest BCUT2D eigenvalue weighted by molar-refractivity contribution is -0.0696. The van der Waals surface area contributed by atoms with Crippen molar-refractivity contribution in [2.75, 3.05) is 6.61 Å². The molecule has 0 bridgehead atoms. The number of aliphatic hydroxyl groups is 2. The molecule has 1 unspecified atom stereocenters. The van der Waals surface area contributed by atoms with Gasteiger partial charge in [0.2, 0.25) is 0 Å². The summed E-state index contributed by atoms with van der Waals surface area (Å²) in [6, 6.07) is 9.52. The van der Waals surface area contributed by atoms with Crippen LogP contribution in [0.3, 0.4) is 0 Å². The second-order valence-electron chi connectivity index (χ2n) is 6.50. The van der Waals surface area contributed by atoms with Crippen LogP contribution in [0.15, 0.2) is 30.3 Å². The SMILES string of the molecule is CC(C)(C)[Si](C)(C)OCC(c1ccccc1)C(O)O. The van der Waals surface area contributed by atoms with Crippen molar-refractivity contribution in [2.24, 2.45) is 0 Å². The van der Waals surface area contributed by atoms with Crippen molar-refractivity contribution >= 4 is 8.32 Å². The first kappa shape index (κ1) is 16.4. The molecule has 1 rings (SSSR count). The van der Waals surface area contributed by atoms with E-state index in [1.54, 1.807) is 0 Å². The molecule has 3 nitrogen and oxygen atoms in total. The Balaban J connectivity index is 2.77. The molecule has 0 aliphatic rings. The summed E-state index contributed by atoms with van der Waals surface area (Å²) in [5, 5.41) is 19.2. The Morgan fingerprint density at radius 2 is 1.63 bits per heavy atom. The largest absolute Gasteiger partial charge is 0.416 e. The lowest BCUT2D eigenvalue weighted by Gasteiger charge is -2.37. The minimum absolute atomic E-state index is 0.120. The molecule has 19 heavy (non-hydrogen) atoms. The third kappa shape index (κ3) is 4.42. The minimum Gasteiger partial charge on any atom is -0.416 e. The molecule has 0 saturated heterocycles. The van der Waals surface area contributed by atoms with Crippen molar-refractivity contribution in [1.29, 1.82) is 0 Å². The second kappa shape index (κ2) is 6.18. The van der Waals surface area contributed by atoms with Crippen LogP contribution in [0, 0.1) is 0 Å². The number of hydrogen-bond donors (Lipinski definition) is 2. The predicted octanol–water partition coefficient (Wildman–Crippen LogP) is 3.10. The Morgan fingerprint density at radius 1 is 1.11 bits per heavy atom. The Morgan fingerprint density at radius 3 is 2.05 bits per heavy atom. The maximum atomic E-state index is 9.56. The highest BCUT2D eigenvalue weighted by Crippen LogP contribution is 2.37. The first-order valence-electron chi connectivity index (χ1n) is 6.70. The van der Waals surface area contributed by atoms with E-state index in [1.807, 2.05) is 30.3 Å². The maximum absolute atomic E-state index is 9.56. The zero-order valence-corrected chi connectivity index (χ0v) is 13.6. The van der Waals surface area contributed by atoms with E-state index in [0.29, 0.717) is 6.61 Å². The molecule has 0 aliphatic carbocycles. The highest BCUT2D eigenvalue weighted by molar-refractivity contribution is 6.74. The summed E-state index contributed by atoms with van der Waals surface area (Å²) in [4.78, 5) is 0. The molecule has 0 aliphatic heterocycles. The van der Waals surface area contributed by atoms with Gasteiger partial charge in [-0.05, 0) is 23.7 Å². The highest BCUT2D eigenvalue weighted by atomic mass is 28.4. The first-order chi connectivity index (χ1) is 8.65. The quantitative estimate of drug-likeness (QED) is 0.644. The van der Waals surface area contributed by atoms with E-state index in [9.17, 15) is 10.2 Å².